The van der Waals surface area contributed by atoms with Crippen LogP contribution in [0.2, 0.25) is 0 Å². The SMILES string of the molecule is CC(C)(C)C1CN(CC2CC=CCC2)CCN1. The highest BCUT2D eigenvalue weighted by atomic mass is 15.2. The lowest BCUT2D eigenvalue weighted by Crippen LogP contribution is -2.56. The zero-order valence-electron chi connectivity index (χ0n) is 11.7. The van der Waals surface area contributed by atoms with Gasteiger partial charge in [-0.3, -0.25) is 0 Å². The summed E-state index contributed by atoms with van der Waals surface area (Å²) in [5, 5.41) is 3.67. The van der Waals surface area contributed by atoms with Crippen molar-refractivity contribution in [2.75, 3.05) is 26.2 Å². The summed E-state index contributed by atoms with van der Waals surface area (Å²) in [5.41, 5.74) is 0.380. The lowest BCUT2D eigenvalue weighted by molar-refractivity contribution is 0.117. The molecule has 2 aliphatic rings. The van der Waals surface area contributed by atoms with Gasteiger partial charge < -0.3 is 10.2 Å². The summed E-state index contributed by atoms with van der Waals surface area (Å²) < 4.78 is 0. The first-order valence-corrected chi connectivity index (χ1v) is 7.16. The maximum atomic E-state index is 3.67. The van der Waals surface area contributed by atoms with Gasteiger partial charge in [-0.1, -0.05) is 32.9 Å². The normalized spacial score (nSPS) is 31.7. The van der Waals surface area contributed by atoms with Crippen molar-refractivity contribution in [1.29, 1.82) is 0 Å². The van der Waals surface area contributed by atoms with Crippen LogP contribution in [0.5, 0.6) is 0 Å². The molecule has 0 aromatic rings. The summed E-state index contributed by atoms with van der Waals surface area (Å²) in [6, 6.07) is 0.649. The molecule has 0 aromatic heterocycles. The minimum absolute atomic E-state index is 0.380. The van der Waals surface area contributed by atoms with Gasteiger partial charge >= 0.3 is 0 Å². The molecule has 0 spiro atoms. The Morgan fingerprint density at radius 2 is 2.12 bits per heavy atom. The monoisotopic (exact) mass is 236 g/mol. The number of rotatable bonds is 2. The van der Waals surface area contributed by atoms with Crippen molar-refractivity contribution in [1.82, 2.24) is 10.2 Å². The van der Waals surface area contributed by atoms with E-state index in [1.807, 2.05) is 0 Å². The third kappa shape index (κ3) is 3.82. The Bertz CT molecular complexity index is 265. The molecule has 1 saturated heterocycles. The second kappa shape index (κ2) is 5.53. The summed E-state index contributed by atoms with van der Waals surface area (Å²) in [4.78, 5) is 2.68. The number of piperazine rings is 1. The number of allylic oxidation sites excluding steroid dienone is 2. The molecule has 0 saturated carbocycles. The molecule has 2 atom stereocenters. The fourth-order valence-electron chi connectivity index (χ4n) is 2.94. The number of nitrogens with zero attached hydrogens (tertiary/aromatic N) is 1. The van der Waals surface area contributed by atoms with E-state index in [1.54, 1.807) is 0 Å². The highest BCUT2D eigenvalue weighted by Crippen LogP contribution is 2.24. The van der Waals surface area contributed by atoms with Crippen molar-refractivity contribution in [3.63, 3.8) is 0 Å². The average molecular weight is 236 g/mol. The molecule has 2 nitrogen and oxygen atoms in total. The third-order valence-electron chi connectivity index (χ3n) is 4.20. The van der Waals surface area contributed by atoms with Crippen molar-refractivity contribution in [3.05, 3.63) is 12.2 Å². The number of hydrogen-bond donors (Lipinski definition) is 1. The molecule has 1 fully saturated rings. The number of hydrogen-bond acceptors (Lipinski definition) is 2. The third-order valence-corrected chi connectivity index (χ3v) is 4.20. The molecule has 0 radical (unpaired) electrons. The smallest absolute Gasteiger partial charge is 0.0244 e. The van der Waals surface area contributed by atoms with Gasteiger partial charge in [-0.15, -0.1) is 0 Å². The number of nitrogens with one attached hydrogen (secondary N) is 1. The Labute approximate surface area is 106 Å². The predicted molar refractivity (Wildman–Crippen MR) is 74.2 cm³/mol. The Morgan fingerprint density at radius 1 is 1.29 bits per heavy atom. The predicted octanol–water partition coefficient (Wildman–Crippen LogP) is 2.66. The van der Waals surface area contributed by atoms with Crippen LogP contribution < -0.4 is 5.32 Å². The van der Waals surface area contributed by atoms with Gasteiger partial charge in [-0.2, -0.15) is 0 Å². The summed E-state index contributed by atoms with van der Waals surface area (Å²) >= 11 is 0. The molecule has 0 amide bonds. The first-order valence-electron chi connectivity index (χ1n) is 7.16. The van der Waals surface area contributed by atoms with Crippen molar-refractivity contribution < 1.29 is 0 Å². The molecule has 0 bridgehead atoms. The van der Waals surface area contributed by atoms with Gasteiger partial charge in [0.05, 0.1) is 0 Å². The fraction of sp³-hybridized carbons (Fsp3) is 0.867. The Hall–Kier alpha value is -0.340. The highest BCUT2D eigenvalue weighted by Gasteiger charge is 2.29. The Balaban J connectivity index is 1.83. The van der Waals surface area contributed by atoms with Crippen LogP contribution in [0.15, 0.2) is 12.2 Å². The van der Waals surface area contributed by atoms with Gasteiger partial charge in [0, 0.05) is 32.2 Å². The Kier molecular flexibility index (Phi) is 4.26. The van der Waals surface area contributed by atoms with Crippen LogP contribution in [-0.2, 0) is 0 Å². The molecular formula is C15H28N2. The molecular weight excluding hydrogens is 208 g/mol. The zero-order chi connectivity index (χ0) is 12.3. The van der Waals surface area contributed by atoms with E-state index in [4.69, 9.17) is 0 Å². The first kappa shape index (κ1) is 13.1. The van der Waals surface area contributed by atoms with E-state index in [1.165, 1.54) is 38.9 Å². The van der Waals surface area contributed by atoms with Crippen LogP contribution >= 0.6 is 0 Å². The van der Waals surface area contributed by atoms with Crippen LogP contribution in [0.1, 0.15) is 40.0 Å². The van der Waals surface area contributed by atoms with Crippen LogP contribution in [-0.4, -0.2) is 37.1 Å². The molecule has 17 heavy (non-hydrogen) atoms. The molecule has 1 heterocycles. The van der Waals surface area contributed by atoms with Crippen molar-refractivity contribution in [3.8, 4) is 0 Å². The van der Waals surface area contributed by atoms with Gasteiger partial charge in [0.2, 0.25) is 0 Å². The summed E-state index contributed by atoms with van der Waals surface area (Å²) in [5.74, 6) is 0.902. The molecule has 2 heteroatoms. The first-order chi connectivity index (χ1) is 8.05. The van der Waals surface area contributed by atoms with Crippen LogP contribution in [0, 0.1) is 11.3 Å². The van der Waals surface area contributed by atoms with E-state index in [9.17, 15) is 0 Å². The van der Waals surface area contributed by atoms with Crippen LogP contribution in [0.4, 0.5) is 0 Å². The quantitative estimate of drug-likeness (QED) is 0.742. The van der Waals surface area contributed by atoms with E-state index in [-0.39, 0.29) is 0 Å². The molecule has 2 rings (SSSR count). The summed E-state index contributed by atoms with van der Waals surface area (Å²) in [6.07, 6.45) is 8.69. The molecule has 1 aliphatic heterocycles. The van der Waals surface area contributed by atoms with E-state index >= 15 is 0 Å². The lowest BCUT2D eigenvalue weighted by atomic mass is 9.85. The van der Waals surface area contributed by atoms with Gasteiger partial charge in [0.25, 0.3) is 0 Å². The second-order valence-electron chi connectivity index (χ2n) is 6.78. The Morgan fingerprint density at radius 3 is 2.76 bits per heavy atom. The van der Waals surface area contributed by atoms with E-state index in [2.05, 4.69) is 43.1 Å². The van der Waals surface area contributed by atoms with Crippen LogP contribution in [0.3, 0.4) is 0 Å². The molecule has 98 valence electrons. The summed E-state index contributed by atoms with van der Waals surface area (Å²) in [6.45, 7) is 12.0. The van der Waals surface area contributed by atoms with Gasteiger partial charge in [0.15, 0.2) is 0 Å². The standard InChI is InChI=1S/C15H28N2/c1-15(2,3)14-12-17(10-9-16-14)11-13-7-5-4-6-8-13/h4-5,13-14,16H,6-12H2,1-3H3. The molecule has 0 aromatic carbocycles. The van der Waals surface area contributed by atoms with Crippen molar-refractivity contribution in [2.24, 2.45) is 11.3 Å². The van der Waals surface area contributed by atoms with Gasteiger partial charge in [0.1, 0.15) is 0 Å². The topological polar surface area (TPSA) is 15.3 Å². The molecule has 1 N–H and O–H groups in total. The van der Waals surface area contributed by atoms with Crippen molar-refractivity contribution in [2.45, 2.75) is 46.1 Å². The second-order valence-corrected chi connectivity index (χ2v) is 6.78. The zero-order valence-corrected chi connectivity index (χ0v) is 11.7. The van der Waals surface area contributed by atoms with Crippen LogP contribution in [0.25, 0.3) is 0 Å². The van der Waals surface area contributed by atoms with Crippen molar-refractivity contribution >= 4 is 0 Å². The maximum absolute atomic E-state index is 3.67. The molecule has 1 aliphatic carbocycles. The van der Waals surface area contributed by atoms with Gasteiger partial charge in [-0.05, 0) is 30.6 Å². The minimum atomic E-state index is 0.380. The van der Waals surface area contributed by atoms with E-state index in [0.29, 0.717) is 11.5 Å². The lowest BCUT2D eigenvalue weighted by Gasteiger charge is -2.41. The van der Waals surface area contributed by atoms with Gasteiger partial charge in [-0.25, -0.2) is 0 Å². The summed E-state index contributed by atoms with van der Waals surface area (Å²) in [7, 11) is 0. The fourth-order valence-corrected chi connectivity index (χ4v) is 2.94. The average Bonchev–Trinajstić information content (AvgIpc) is 2.29. The highest BCUT2D eigenvalue weighted by molar-refractivity contribution is 4.93. The maximum Gasteiger partial charge on any atom is 0.0244 e. The van der Waals surface area contributed by atoms with E-state index in [0.717, 1.165) is 12.5 Å². The molecule has 2 unspecified atom stereocenters. The largest absolute Gasteiger partial charge is 0.311 e. The minimum Gasteiger partial charge on any atom is -0.311 e. The van der Waals surface area contributed by atoms with E-state index < -0.39 is 0 Å².